The number of carbonyl (C=O) groups is 3. The van der Waals surface area contributed by atoms with E-state index < -0.39 is 29.8 Å². The van der Waals surface area contributed by atoms with E-state index in [-0.39, 0.29) is 36.3 Å². The van der Waals surface area contributed by atoms with Crippen molar-refractivity contribution in [2.45, 2.75) is 51.7 Å². The molecule has 7 atom stereocenters. The minimum Gasteiger partial charge on any atom is -0.394 e. The van der Waals surface area contributed by atoms with Crippen molar-refractivity contribution < 1.29 is 19.5 Å². The van der Waals surface area contributed by atoms with Crippen molar-refractivity contribution in [3.63, 3.8) is 0 Å². The van der Waals surface area contributed by atoms with E-state index in [0.717, 1.165) is 18.4 Å². The van der Waals surface area contributed by atoms with Gasteiger partial charge >= 0.3 is 0 Å². The molecule has 1 aliphatic carbocycles. The Morgan fingerprint density at radius 1 is 1.16 bits per heavy atom. The fraction of sp³-hybridized carbons (Fsp3) is 0.560. The molecule has 3 rings (SSSR count). The second kappa shape index (κ2) is 10.3. The third-order valence-electron chi connectivity index (χ3n) is 6.83. The zero-order valence-electron chi connectivity index (χ0n) is 19.3. The topological polar surface area (TPSA) is 98.7 Å². The number of aliphatic hydroxyl groups is 1. The summed E-state index contributed by atoms with van der Waals surface area (Å²) < 4.78 is 0. The summed E-state index contributed by atoms with van der Waals surface area (Å²) in [4.78, 5) is 41.6. The van der Waals surface area contributed by atoms with E-state index in [4.69, 9.17) is 0 Å². The predicted octanol–water partition coefficient (Wildman–Crippen LogP) is 2.04. The summed E-state index contributed by atoms with van der Waals surface area (Å²) in [5.74, 6) is -2.48. The van der Waals surface area contributed by atoms with E-state index in [1.807, 2.05) is 56.3 Å². The van der Waals surface area contributed by atoms with Crippen molar-refractivity contribution in [2.24, 2.45) is 23.7 Å². The van der Waals surface area contributed by atoms with Crippen LogP contribution in [-0.2, 0) is 14.4 Å². The molecule has 1 saturated heterocycles. The molecule has 1 heterocycles. The Hall–Kier alpha value is -2.67. The summed E-state index contributed by atoms with van der Waals surface area (Å²) in [7, 11) is 1.57. The molecule has 1 aromatic rings. The van der Waals surface area contributed by atoms with Gasteiger partial charge in [0.2, 0.25) is 17.7 Å². The summed E-state index contributed by atoms with van der Waals surface area (Å²) >= 11 is 0. The molecule has 32 heavy (non-hydrogen) atoms. The molecule has 1 unspecified atom stereocenters. The third-order valence-corrected chi connectivity index (χ3v) is 6.83. The molecular weight excluding hydrogens is 406 g/mol. The number of hydrogen-bond acceptors (Lipinski definition) is 4. The molecular formula is C25H35N3O4. The lowest BCUT2D eigenvalue weighted by Crippen LogP contribution is -2.51. The minimum atomic E-state index is -0.792. The lowest BCUT2D eigenvalue weighted by atomic mass is 9.70. The van der Waals surface area contributed by atoms with Crippen LogP contribution in [0.25, 0.3) is 0 Å². The average molecular weight is 442 g/mol. The maximum atomic E-state index is 13.8. The number of allylic oxidation sites excluding steroid dienone is 1. The van der Waals surface area contributed by atoms with Gasteiger partial charge in [0.15, 0.2) is 0 Å². The molecule has 1 aliphatic heterocycles. The minimum absolute atomic E-state index is 0.0333. The lowest BCUT2D eigenvalue weighted by Gasteiger charge is -2.34. The SMILES string of the molecule is CCCC(C)NC(=O)[C@@H]1[C@H]2C=C[C@@H](C)[C@@H](C(=O)NC)[C@H]2C(=O)N1[C@H](CO)c1ccccc1. The number of carbonyl (C=O) groups excluding carboxylic acids is 3. The van der Waals surface area contributed by atoms with Gasteiger partial charge in [-0.3, -0.25) is 14.4 Å². The quantitative estimate of drug-likeness (QED) is 0.538. The predicted molar refractivity (Wildman–Crippen MR) is 122 cm³/mol. The first-order chi connectivity index (χ1) is 15.3. The number of fused-ring (bicyclic) bond motifs is 1. The second-order valence-electron chi connectivity index (χ2n) is 8.98. The van der Waals surface area contributed by atoms with E-state index in [1.54, 1.807) is 7.05 Å². The normalized spacial score (nSPS) is 28.7. The summed E-state index contributed by atoms with van der Waals surface area (Å²) in [6, 6.07) is 7.76. The smallest absolute Gasteiger partial charge is 0.243 e. The first-order valence-corrected chi connectivity index (χ1v) is 11.5. The highest BCUT2D eigenvalue weighted by molar-refractivity contribution is 5.97. The zero-order valence-corrected chi connectivity index (χ0v) is 19.3. The van der Waals surface area contributed by atoms with Gasteiger partial charge in [-0.05, 0) is 24.8 Å². The van der Waals surface area contributed by atoms with Crippen molar-refractivity contribution in [1.82, 2.24) is 15.5 Å². The number of nitrogens with zero attached hydrogens (tertiary/aromatic N) is 1. The Kier molecular flexibility index (Phi) is 7.72. The summed E-state index contributed by atoms with van der Waals surface area (Å²) in [5, 5.41) is 16.1. The highest BCUT2D eigenvalue weighted by Crippen LogP contribution is 2.46. The first kappa shape index (κ1) is 24.0. The Bertz CT molecular complexity index is 856. The highest BCUT2D eigenvalue weighted by atomic mass is 16.3. The van der Waals surface area contributed by atoms with Crippen LogP contribution < -0.4 is 10.6 Å². The van der Waals surface area contributed by atoms with Crippen LogP contribution in [0.15, 0.2) is 42.5 Å². The first-order valence-electron chi connectivity index (χ1n) is 11.5. The molecule has 174 valence electrons. The van der Waals surface area contributed by atoms with Gasteiger partial charge in [0.1, 0.15) is 6.04 Å². The molecule has 7 heteroatoms. The van der Waals surface area contributed by atoms with Crippen LogP contribution in [0.4, 0.5) is 0 Å². The molecule has 0 spiro atoms. The molecule has 0 radical (unpaired) electrons. The third kappa shape index (κ3) is 4.44. The molecule has 2 aliphatic rings. The van der Waals surface area contributed by atoms with Crippen molar-refractivity contribution >= 4 is 17.7 Å². The number of hydrogen-bond donors (Lipinski definition) is 3. The van der Waals surface area contributed by atoms with Crippen LogP contribution in [0.2, 0.25) is 0 Å². The van der Waals surface area contributed by atoms with Gasteiger partial charge in [-0.25, -0.2) is 0 Å². The molecule has 0 saturated carbocycles. The van der Waals surface area contributed by atoms with E-state index in [1.165, 1.54) is 4.90 Å². The Morgan fingerprint density at radius 3 is 2.44 bits per heavy atom. The standard InChI is InChI=1S/C25H35N3O4/c1-5-9-16(3)27-24(31)22-18-13-12-15(2)20(23(30)26-4)21(18)25(32)28(22)19(14-29)17-10-7-6-8-11-17/h6-8,10-13,15-16,18-22,29H,5,9,14H2,1-4H3,(H,26,30)(H,27,31)/t15-,16?,18+,19-,20-,21+,22+/m1/s1. The van der Waals surface area contributed by atoms with Crippen LogP contribution >= 0.6 is 0 Å². The van der Waals surface area contributed by atoms with Crippen LogP contribution in [0.5, 0.6) is 0 Å². The maximum Gasteiger partial charge on any atom is 0.243 e. The molecule has 3 amide bonds. The highest BCUT2D eigenvalue weighted by Gasteiger charge is 2.58. The monoisotopic (exact) mass is 441 g/mol. The van der Waals surface area contributed by atoms with Crippen LogP contribution in [0.1, 0.15) is 45.2 Å². The fourth-order valence-corrected chi connectivity index (χ4v) is 5.30. The van der Waals surface area contributed by atoms with Crippen molar-refractivity contribution in [3.05, 3.63) is 48.0 Å². The van der Waals surface area contributed by atoms with Crippen molar-refractivity contribution in [3.8, 4) is 0 Å². The van der Waals surface area contributed by atoms with Gasteiger partial charge in [-0.15, -0.1) is 0 Å². The van der Waals surface area contributed by atoms with Gasteiger partial charge in [0.25, 0.3) is 0 Å². The van der Waals surface area contributed by atoms with E-state index in [0.29, 0.717) is 0 Å². The molecule has 0 bridgehead atoms. The summed E-state index contributed by atoms with van der Waals surface area (Å²) in [6.45, 7) is 5.61. The van der Waals surface area contributed by atoms with Gasteiger partial charge in [0, 0.05) is 19.0 Å². The largest absolute Gasteiger partial charge is 0.394 e. The Labute approximate surface area is 190 Å². The average Bonchev–Trinajstić information content (AvgIpc) is 3.07. The van der Waals surface area contributed by atoms with Gasteiger partial charge in [0.05, 0.1) is 24.5 Å². The number of likely N-dealkylation sites (tertiary alicyclic amines) is 1. The van der Waals surface area contributed by atoms with E-state index in [9.17, 15) is 19.5 Å². The number of amides is 3. The second-order valence-corrected chi connectivity index (χ2v) is 8.98. The van der Waals surface area contributed by atoms with E-state index >= 15 is 0 Å². The van der Waals surface area contributed by atoms with Crippen LogP contribution in [0.3, 0.4) is 0 Å². The van der Waals surface area contributed by atoms with Gasteiger partial charge in [-0.1, -0.05) is 62.8 Å². The van der Waals surface area contributed by atoms with Gasteiger partial charge in [-0.2, -0.15) is 0 Å². The maximum absolute atomic E-state index is 13.8. The summed E-state index contributed by atoms with van der Waals surface area (Å²) in [5.41, 5.74) is 0.759. The Morgan fingerprint density at radius 2 is 1.84 bits per heavy atom. The summed E-state index contributed by atoms with van der Waals surface area (Å²) in [6.07, 6.45) is 5.61. The molecule has 1 fully saturated rings. The Balaban J connectivity index is 2.06. The zero-order chi connectivity index (χ0) is 23.4. The van der Waals surface area contributed by atoms with Crippen LogP contribution in [0, 0.1) is 23.7 Å². The van der Waals surface area contributed by atoms with Crippen molar-refractivity contribution in [2.75, 3.05) is 13.7 Å². The molecule has 1 aromatic carbocycles. The number of aliphatic hydroxyl groups excluding tert-OH is 1. The molecule has 7 nitrogen and oxygen atoms in total. The van der Waals surface area contributed by atoms with Crippen molar-refractivity contribution in [1.29, 1.82) is 0 Å². The lowest BCUT2D eigenvalue weighted by molar-refractivity contribution is -0.143. The number of nitrogens with one attached hydrogen (secondary N) is 2. The molecule has 0 aromatic heterocycles. The van der Waals surface area contributed by atoms with Crippen LogP contribution in [-0.4, -0.2) is 53.5 Å². The number of rotatable bonds is 8. The number of benzene rings is 1. The fourth-order valence-electron chi connectivity index (χ4n) is 5.30. The molecule has 3 N–H and O–H groups in total. The van der Waals surface area contributed by atoms with Gasteiger partial charge < -0.3 is 20.6 Å². The van der Waals surface area contributed by atoms with E-state index in [2.05, 4.69) is 17.6 Å².